The van der Waals surface area contributed by atoms with Crippen LogP contribution < -0.4 is 5.63 Å². The standard InChI is InChI=1S/C30H41NO10/c1-16-26(41-31(36)37)24(33)25(34)27(39-16)40-19-8-11-28(2)18(14-19)5-6-22-21(28)9-12-29(3)20(10-13-30(22,29)35)17-4-7-23(32)38-15-17/h4,7,14-16,19-22,24-27,33-35H,5-6,8-13H2,1-3H3/t16-,19-,20+,21-,22+,24-,25+,26-,27-,28-,29+,30-/m0/s1. The molecule has 0 spiro atoms. The van der Waals surface area contributed by atoms with Crippen molar-refractivity contribution in [1.82, 2.24) is 0 Å². The largest absolute Gasteiger partial charge is 0.431 e. The molecule has 11 nitrogen and oxygen atoms in total. The Hall–Kier alpha value is -2.31. The first kappa shape index (κ1) is 28.8. The molecule has 3 N–H and O–H groups in total. The lowest BCUT2D eigenvalue weighted by Crippen LogP contribution is -2.61. The summed E-state index contributed by atoms with van der Waals surface area (Å²) in [5.41, 5.74) is 0.751. The van der Waals surface area contributed by atoms with Gasteiger partial charge in [0.1, 0.15) is 12.2 Å². The fourth-order valence-corrected chi connectivity index (χ4v) is 9.41. The highest BCUT2D eigenvalue weighted by atomic mass is 17.0. The number of fused-ring (bicyclic) bond motifs is 5. The molecule has 11 heteroatoms. The second-order valence-electron chi connectivity index (χ2n) is 13.4. The summed E-state index contributed by atoms with van der Waals surface area (Å²) in [6.45, 7) is 6.07. The Kier molecular flexibility index (Phi) is 7.13. The molecule has 2 heterocycles. The van der Waals surface area contributed by atoms with Crippen molar-refractivity contribution in [3.05, 3.63) is 56.1 Å². The average molecular weight is 576 g/mol. The van der Waals surface area contributed by atoms with E-state index < -0.39 is 41.4 Å². The Morgan fingerprint density at radius 3 is 2.54 bits per heavy atom. The number of hydrogen-bond donors (Lipinski definition) is 3. The van der Waals surface area contributed by atoms with Crippen LogP contribution in [0.3, 0.4) is 0 Å². The number of aliphatic hydroxyl groups is 3. The number of allylic oxidation sites excluding steroid dienone is 1. The molecule has 4 fully saturated rings. The third-order valence-electron chi connectivity index (χ3n) is 11.7. The van der Waals surface area contributed by atoms with Crippen molar-refractivity contribution in [2.75, 3.05) is 0 Å². The SMILES string of the molecule is C[C@@H]1O[C@@H](O[C@@H]2C=C3CC[C@@H]4[C@H](CC[C@]5(C)[C@@H](c6ccc(=O)oc6)CC[C@]45O)[C@@]3(C)CC2)[C@H](O)[C@H](O)[C@H]1O[N+](=O)[O-]. The first-order valence-electron chi connectivity index (χ1n) is 14.9. The zero-order valence-corrected chi connectivity index (χ0v) is 23.8. The van der Waals surface area contributed by atoms with Crippen LogP contribution in [0, 0.1) is 32.8 Å². The second-order valence-corrected chi connectivity index (χ2v) is 13.4. The lowest BCUT2D eigenvalue weighted by atomic mass is 9.45. The Morgan fingerprint density at radius 1 is 1.05 bits per heavy atom. The van der Waals surface area contributed by atoms with Crippen LogP contribution in [0.25, 0.3) is 0 Å². The highest BCUT2D eigenvalue weighted by Crippen LogP contribution is 2.70. The van der Waals surface area contributed by atoms with E-state index in [1.165, 1.54) is 11.6 Å². The van der Waals surface area contributed by atoms with Crippen molar-refractivity contribution in [1.29, 1.82) is 0 Å². The summed E-state index contributed by atoms with van der Waals surface area (Å²) in [6, 6.07) is 3.32. The Labute approximate surface area is 238 Å². The maximum absolute atomic E-state index is 12.4. The van der Waals surface area contributed by atoms with E-state index in [1.54, 1.807) is 13.2 Å². The minimum absolute atomic E-state index is 0.0824. The third-order valence-corrected chi connectivity index (χ3v) is 11.7. The Bertz CT molecular complexity index is 1250. The van der Waals surface area contributed by atoms with Gasteiger partial charge in [-0.1, -0.05) is 25.5 Å². The molecule has 0 amide bonds. The summed E-state index contributed by atoms with van der Waals surface area (Å²) >= 11 is 0. The first-order valence-corrected chi connectivity index (χ1v) is 14.9. The van der Waals surface area contributed by atoms with E-state index in [1.807, 2.05) is 6.07 Å². The topological polar surface area (TPSA) is 162 Å². The van der Waals surface area contributed by atoms with Gasteiger partial charge in [0.2, 0.25) is 0 Å². The maximum atomic E-state index is 12.4. The van der Waals surface area contributed by atoms with Crippen LogP contribution in [-0.2, 0) is 14.3 Å². The molecule has 41 heavy (non-hydrogen) atoms. The van der Waals surface area contributed by atoms with E-state index in [0.717, 1.165) is 50.5 Å². The van der Waals surface area contributed by atoms with Gasteiger partial charge in [-0.05, 0) is 93.1 Å². The molecule has 0 aromatic carbocycles. The highest BCUT2D eigenvalue weighted by Gasteiger charge is 2.66. The number of aliphatic hydroxyl groups excluding tert-OH is 2. The van der Waals surface area contributed by atoms with Crippen molar-refractivity contribution in [3.8, 4) is 0 Å². The van der Waals surface area contributed by atoms with Gasteiger partial charge in [0.25, 0.3) is 5.09 Å². The number of nitrogens with zero attached hydrogens (tertiary/aromatic N) is 1. The molecule has 4 aliphatic carbocycles. The Balaban J connectivity index is 1.18. The molecule has 1 aromatic heterocycles. The van der Waals surface area contributed by atoms with Gasteiger partial charge in [0.15, 0.2) is 12.4 Å². The fraction of sp³-hybridized carbons (Fsp3) is 0.767. The Morgan fingerprint density at radius 2 is 1.83 bits per heavy atom. The van der Waals surface area contributed by atoms with Gasteiger partial charge in [-0.15, -0.1) is 10.1 Å². The fourth-order valence-electron chi connectivity index (χ4n) is 9.41. The smallest absolute Gasteiger partial charge is 0.335 e. The molecule has 0 bridgehead atoms. The lowest BCUT2D eigenvalue weighted by molar-refractivity contribution is -0.774. The minimum atomic E-state index is -1.52. The molecule has 12 atom stereocenters. The van der Waals surface area contributed by atoms with Gasteiger partial charge in [0.05, 0.1) is 24.1 Å². The summed E-state index contributed by atoms with van der Waals surface area (Å²) in [4.78, 5) is 26.9. The van der Waals surface area contributed by atoms with Gasteiger partial charge in [-0.3, -0.25) is 0 Å². The van der Waals surface area contributed by atoms with Crippen molar-refractivity contribution >= 4 is 0 Å². The summed E-state index contributed by atoms with van der Waals surface area (Å²) < 4.78 is 17.0. The predicted molar refractivity (Wildman–Crippen MR) is 144 cm³/mol. The molecular formula is C30H41NO10. The van der Waals surface area contributed by atoms with Gasteiger partial charge < -0.3 is 34.0 Å². The highest BCUT2D eigenvalue weighted by molar-refractivity contribution is 5.31. The third kappa shape index (κ3) is 4.47. The maximum Gasteiger partial charge on any atom is 0.335 e. The van der Waals surface area contributed by atoms with Gasteiger partial charge in [-0.25, -0.2) is 4.79 Å². The summed E-state index contributed by atoms with van der Waals surface area (Å²) in [5, 5.41) is 43.2. The molecule has 5 aliphatic rings. The van der Waals surface area contributed by atoms with E-state index in [9.17, 15) is 30.2 Å². The van der Waals surface area contributed by atoms with E-state index in [0.29, 0.717) is 12.3 Å². The van der Waals surface area contributed by atoms with Crippen LogP contribution in [0.5, 0.6) is 0 Å². The van der Waals surface area contributed by atoms with Crippen molar-refractivity contribution in [2.24, 2.45) is 22.7 Å². The quantitative estimate of drug-likeness (QED) is 0.270. The van der Waals surface area contributed by atoms with Crippen LogP contribution in [0.2, 0.25) is 0 Å². The number of rotatable bonds is 5. The lowest BCUT2D eigenvalue weighted by Gasteiger charge is -2.62. The van der Waals surface area contributed by atoms with Crippen LogP contribution >= 0.6 is 0 Å². The monoisotopic (exact) mass is 575 g/mol. The average Bonchev–Trinajstić information content (AvgIpc) is 3.21. The van der Waals surface area contributed by atoms with Crippen LogP contribution in [0.4, 0.5) is 0 Å². The van der Waals surface area contributed by atoms with E-state index in [2.05, 4.69) is 24.8 Å². The van der Waals surface area contributed by atoms with Crippen molar-refractivity contribution < 1.29 is 39.1 Å². The van der Waals surface area contributed by atoms with Crippen LogP contribution in [0.1, 0.15) is 83.6 Å². The molecule has 3 saturated carbocycles. The number of ether oxygens (including phenoxy) is 2. The zero-order chi connectivity index (χ0) is 29.3. The minimum Gasteiger partial charge on any atom is -0.431 e. The molecular weight excluding hydrogens is 534 g/mol. The molecule has 1 saturated heterocycles. The van der Waals surface area contributed by atoms with Crippen molar-refractivity contribution in [2.45, 2.75) is 120 Å². The van der Waals surface area contributed by atoms with Gasteiger partial charge in [0, 0.05) is 11.5 Å². The van der Waals surface area contributed by atoms with Crippen LogP contribution in [0.15, 0.2) is 39.3 Å². The zero-order valence-electron chi connectivity index (χ0n) is 23.8. The van der Waals surface area contributed by atoms with Gasteiger partial charge >= 0.3 is 5.63 Å². The summed E-state index contributed by atoms with van der Waals surface area (Å²) in [7, 11) is 0. The summed E-state index contributed by atoms with van der Waals surface area (Å²) in [5.74, 6) is 0.633. The molecule has 0 radical (unpaired) electrons. The van der Waals surface area contributed by atoms with Crippen LogP contribution in [-0.4, -0.2) is 62.8 Å². The normalized spacial score (nSPS) is 47.5. The number of hydrogen-bond acceptors (Lipinski definition) is 10. The molecule has 6 rings (SSSR count). The van der Waals surface area contributed by atoms with E-state index in [4.69, 9.17) is 13.9 Å². The van der Waals surface area contributed by atoms with Crippen molar-refractivity contribution in [3.63, 3.8) is 0 Å². The summed E-state index contributed by atoms with van der Waals surface area (Å²) in [6.07, 6.45) is 3.83. The molecule has 1 aromatic rings. The molecule has 226 valence electrons. The molecule has 0 unspecified atom stereocenters. The van der Waals surface area contributed by atoms with E-state index in [-0.39, 0.29) is 34.4 Å². The van der Waals surface area contributed by atoms with Gasteiger partial charge in [-0.2, -0.15) is 0 Å². The van der Waals surface area contributed by atoms with E-state index >= 15 is 0 Å². The second kappa shape index (κ2) is 10.2. The molecule has 1 aliphatic heterocycles. The first-order chi connectivity index (χ1) is 19.4. The predicted octanol–water partition coefficient (Wildman–Crippen LogP) is 3.23.